The van der Waals surface area contributed by atoms with Crippen LogP contribution in [0.5, 0.6) is 5.75 Å². The summed E-state index contributed by atoms with van der Waals surface area (Å²) in [4.78, 5) is 32.4. The lowest BCUT2D eigenvalue weighted by atomic mass is 10.0. The van der Waals surface area contributed by atoms with Crippen molar-refractivity contribution in [1.82, 2.24) is 15.3 Å². The number of anilines is 1. The van der Waals surface area contributed by atoms with E-state index in [0.29, 0.717) is 0 Å². The predicted octanol–water partition coefficient (Wildman–Crippen LogP) is 5.91. The van der Waals surface area contributed by atoms with Gasteiger partial charge in [-0.25, -0.2) is 9.82 Å². The van der Waals surface area contributed by atoms with E-state index in [2.05, 4.69) is 20.8 Å². The number of carbonyl (C=O) groups is 2. The topological polar surface area (TPSA) is 107 Å². The van der Waals surface area contributed by atoms with Crippen LogP contribution in [0.4, 0.5) is 23.2 Å². The Balaban J connectivity index is 1.76. The maximum atomic E-state index is 14.2. The van der Waals surface area contributed by atoms with E-state index in [9.17, 15) is 32.3 Å². The predicted molar refractivity (Wildman–Crippen MR) is 158 cm³/mol. The highest BCUT2D eigenvalue weighted by atomic mass is 32.2. The van der Waals surface area contributed by atoms with Crippen molar-refractivity contribution >= 4 is 46.4 Å². The molecular weight excluding hydrogens is 586 g/mol. The molecule has 4 rings (SSSR count). The summed E-state index contributed by atoms with van der Waals surface area (Å²) < 4.78 is 56.2. The number of rotatable bonds is 10. The molecular formula is C30H27F4N5O3S. The van der Waals surface area contributed by atoms with Gasteiger partial charge in [-0.1, -0.05) is 24.3 Å². The zero-order valence-corrected chi connectivity index (χ0v) is 23.8. The van der Waals surface area contributed by atoms with Crippen molar-refractivity contribution in [3.63, 3.8) is 0 Å². The molecule has 43 heavy (non-hydrogen) atoms. The smallest absolute Gasteiger partial charge is 0.417 e. The highest BCUT2D eigenvalue weighted by molar-refractivity contribution is 7.99. The Morgan fingerprint density at radius 2 is 1.84 bits per heavy atom. The molecule has 0 spiro atoms. The van der Waals surface area contributed by atoms with Crippen molar-refractivity contribution in [2.45, 2.75) is 23.5 Å². The standard InChI is InChI=1S/C30H27F4N5O3S/c1-39(2)26(41)14-20(17-43-21-7-4-3-5-8-21)37-28-22(16-35-24-10-6-9-23(27(24)28)30(32,33)34)29(42)38-36-15-18-13-19(31)11-12-25(18)40/h3-13,15-16,20,40H,14,17H2,1-2H3,(H,35,37)(H,38,42)/b36-15+. The first-order valence-electron chi connectivity index (χ1n) is 12.9. The number of alkyl halides is 3. The third-order valence-corrected chi connectivity index (χ3v) is 7.44. The van der Waals surface area contributed by atoms with Crippen LogP contribution in [0.15, 0.2) is 82.9 Å². The molecule has 4 aromatic rings. The van der Waals surface area contributed by atoms with E-state index >= 15 is 0 Å². The zero-order valence-electron chi connectivity index (χ0n) is 23.0. The number of halogens is 4. The Morgan fingerprint density at radius 1 is 1.09 bits per heavy atom. The summed E-state index contributed by atoms with van der Waals surface area (Å²) in [7, 11) is 3.14. The van der Waals surface area contributed by atoms with Gasteiger partial charge in [0.15, 0.2) is 0 Å². The number of nitrogens with one attached hydrogen (secondary N) is 2. The molecule has 2 amide bonds. The van der Waals surface area contributed by atoms with Crippen LogP contribution in [0, 0.1) is 5.82 Å². The normalized spacial score (nSPS) is 12.3. The van der Waals surface area contributed by atoms with Crippen LogP contribution in [0.2, 0.25) is 0 Å². The van der Waals surface area contributed by atoms with Gasteiger partial charge in [-0.05, 0) is 42.5 Å². The fourth-order valence-electron chi connectivity index (χ4n) is 4.11. The molecule has 3 aromatic carbocycles. The first kappa shape index (κ1) is 31.3. The van der Waals surface area contributed by atoms with E-state index in [1.807, 2.05) is 30.3 Å². The second-order valence-corrected chi connectivity index (χ2v) is 10.7. The van der Waals surface area contributed by atoms with Crippen molar-refractivity contribution in [2.75, 3.05) is 25.2 Å². The SMILES string of the molecule is CN(C)C(=O)CC(CSc1ccccc1)Nc1c(C(=O)N/N=C/c2cc(F)ccc2O)cnc2cccc(C(F)(F)F)c12. The number of hydrogen-bond donors (Lipinski definition) is 3. The molecule has 1 aromatic heterocycles. The Kier molecular flexibility index (Phi) is 9.86. The average Bonchev–Trinajstić information content (AvgIpc) is 2.97. The van der Waals surface area contributed by atoms with Gasteiger partial charge in [0, 0.05) is 54.4 Å². The Labute approximate surface area is 248 Å². The first-order valence-corrected chi connectivity index (χ1v) is 13.9. The van der Waals surface area contributed by atoms with Crippen molar-refractivity contribution in [2.24, 2.45) is 5.10 Å². The third kappa shape index (κ3) is 8.01. The van der Waals surface area contributed by atoms with Gasteiger partial charge in [-0.3, -0.25) is 14.6 Å². The van der Waals surface area contributed by atoms with E-state index in [1.54, 1.807) is 14.1 Å². The Bertz CT molecular complexity index is 1650. The number of thioether (sulfide) groups is 1. The minimum Gasteiger partial charge on any atom is -0.507 e. The second kappa shape index (κ2) is 13.6. The summed E-state index contributed by atoms with van der Waals surface area (Å²) in [6.45, 7) is 0. The lowest BCUT2D eigenvalue weighted by Crippen LogP contribution is -2.33. The molecule has 0 aliphatic rings. The van der Waals surface area contributed by atoms with Gasteiger partial charge in [0.2, 0.25) is 5.91 Å². The van der Waals surface area contributed by atoms with Crippen molar-refractivity contribution in [3.05, 3.63) is 95.4 Å². The molecule has 224 valence electrons. The molecule has 0 fully saturated rings. The second-order valence-electron chi connectivity index (χ2n) is 9.60. The highest BCUT2D eigenvalue weighted by Gasteiger charge is 2.35. The van der Waals surface area contributed by atoms with Crippen molar-refractivity contribution in [3.8, 4) is 5.75 Å². The molecule has 0 bridgehead atoms. The van der Waals surface area contributed by atoms with Gasteiger partial charge < -0.3 is 15.3 Å². The van der Waals surface area contributed by atoms with Crippen LogP contribution in [-0.4, -0.2) is 58.9 Å². The van der Waals surface area contributed by atoms with E-state index in [4.69, 9.17) is 0 Å². The summed E-state index contributed by atoms with van der Waals surface area (Å²) in [6, 6.07) is 15.2. The van der Waals surface area contributed by atoms with Crippen LogP contribution in [0.1, 0.15) is 27.9 Å². The number of hydrogen-bond acceptors (Lipinski definition) is 7. The van der Waals surface area contributed by atoms with Gasteiger partial charge in [0.25, 0.3) is 5.91 Å². The number of phenolic OH excluding ortho intramolecular Hbond substituents is 1. The van der Waals surface area contributed by atoms with E-state index < -0.39 is 29.5 Å². The largest absolute Gasteiger partial charge is 0.507 e. The molecule has 1 heterocycles. The first-order chi connectivity index (χ1) is 20.4. The molecule has 1 atom stereocenters. The number of pyridine rings is 1. The van der Waals surface area contributed by atoms with E-state index in [1.165, 1.54) is 28.8 Å². The number of nitrogens with zero attached hydrogens (tertiary/aromatic N) is 3. The van der Waals surface area contributed by atoms with Gasteiger partial charge in [-0.15, -0.1) is 11.8 Å². The highest BCUT2D eigenvalue weighted by Crippen LogP contribution is 2.39. The van der Waals surface area contributed by atoms with Gasteiger partial charge >= 0.3 is 6.18 Å². The minimum atomic E-state index is -4.78. The maximum absolute atomic E-state index is 14.2. The molecule has 0 aliphatic heterocycles. The molecule has 3 N–H and O–H groups in total. The quantitative estimate of drug-likeness (QED) is 0.0889. The molecule has 8 nitrogen and oxygen atoms in total. The van der Waals surface area contributed by atoms with Crippen molar-refractivity contribution in [1.29, 1.82) is 0 Å². The van der Waals surface area contributed by atoms with Crippen LogP contribution in [0.25, 0.3) is 10.9 Å². The number of aromatic hydroxyl groups is 1. The number of aromatic nitrogens is 1. The number of benzene rings is 3. The van der Waals surface area contributed by atoms with Crippen LogP contribution >= 0.6 is 11.8 Å². The number of phenols is 1. The maximum Gasteiger partial charge on any atom is 0.417 e. The van der Waals surface area contributed by atoms with Crippen molar-refractivity contribution < 1.29 is 32.3 Å². The number of hydrazone groups is 1. The average molecular weight is 614 g/mol. The number of fused-ring (bicyclic) bond motifs is 1. The lowest BCUT2D eigenvalue weighted by molar-refractivity contribution is -0.136. The molecule has 1 unspecified atom stereocenters. The number of carbonyl (C=O) groups excluding carboxylic acids is 2. The summed E-state index contributed by atoms with van der Waals surface area (Å²) in [5, 5.41) is 16.4. The minimum absolute atomic E-state index is 0.0181. The molecule has 0 saturated heterocycles. The van der Waals surface area contributed by atoms with Crippen LogP contribution < -0.4 is 10.7 Å². The Hall–Kier alpha value is -4.65. The van der Waals surface area contributed by atoms with Gasteiger partial charge in [0.1, 0.15) is 11.6 Å². The molecule has 0 radical (unpaired) electrons. The Morgan fingerprint density at radius 3 is 2.53 bits per heavy atom. The van der Waals surface area contributed by atoms with Crippen LogP contribution in [-0.2, 0) is 11.0 Å². The van der Waals surface area contributed by atoms with E-state index in [-0.39, 0.29) is 51.5 Å². The van der Waals surface area contributed by atoms with E-state index in [0.717, 1.165) is 41.6 Å². The fraction of sp³-hybridized carbons (Fsp3) is 0.200. The van der Waals surface area contributed by atoms with Gasteiger partial charge in [-0.2, -0.15) is 18.3 Å². The molecule has 0 aliphatic carbocycles. The molecule has 13 heteroatoms. The van der Waals surface area contributed by atoms with Gasteiger partial charge in [0.05, 0.1) is 28.5 Å². The fourth-order valence-corrected chi connectivity index (χ4v) is 5.06. The zero-order chi connectivity index (χ0) is 31.1. The summed E-state index contributed by atoms with van der Waals surface area (Å²) in [5.41, 5.74) is 0.692. The van der Waals surface area contributed by atoms with Crippen LogP contribution in [0.3, 0.4) is 0 Å². The third-order valence-electron chi connectivity index (χ3n) is 6.27. The summed E-state index contributed by atoms with van der Waals surface area (Å²) in [5.74, 6) is -1.87. The molecule has 0 saturated carbocycles. The number of amides is 2. The monoisotopic (exact) mass is 613 g/mol. The lowest BCUT2D eigenvalue weighted by Gasteiger charge is -2.24. The summed E-state index contributed by atoms with van der Waals surface area (Å²) >= 11 is 1.40. The summed E-state index contributed by atoms with van der Waals surface area (Å²) in [6.07, 6.45) is -2.75.